The smallest absolute Gasteiger partial charge is 0.305 e. The van der Waals surface area contributed by atoms with Crippen molar-refractivity contribution in [1.82, 2.24) is 5.32 Å². The van der Waals surface area contributed by atoms with Crippen LogP contribution in [-0.2, 0) is 0 Å². The van der Waals surface area contributed by atoms with Gasteiger partial charge in [0.15, 0.2) is 0 Å². The lowest BCUT2D eigenvalue weighted by molar-refractivity contribution is 0.132. The van der Waals surface area contributed by atoms with Gasteiger partial charge in [0.2, 0.25) is 0 Å². The summed E-state index contributed by atoms with van der Waals surface area (Å²) >= 11 is 0. The van der Waals surface area contributed by atoms with E-state index < -0.39 is 5.92 Å². The Kier molecular flexibility index (Phi) is 5.46. The molecule has 0 bridgehead atoms. The molecule has 0 aromatic rings. The highest BCUT2D eigenvalue weighted by molar-refractivity contribution is 5.94. The maximum atomic E-state index is 13.2. The third kappa shape index (κ3) is 4.12. The molecule has 0 aliphatic heterocycles. The molecule has 0 saturated heterocycles. The van der Waals surface area contributed by atoms with Crippen LogP contribution in [0.3, 0.4) is 0 Å². The lowest BCUT2D eigenvalue weighted by Gasteiger charge is -2.14. The van der Waals surface area contributed by atoms with Gasteiger partial charge in [0.05, 0.1) is 5.71 Å². The molecular formula is C9H16F2N2. The minimum Gasteiger partial charge on any atom is -0.314 e. The summed E-state index contributed by atoms with van der Waals surface area (Å²) in [6.07, 6.45) is 2.19. The minimum absolute atomic E-state index is 0.115. The highest BCUT2D eigenvalue weighted by Gasteiger charge is 2.31. The van der Waals surface area contributed by atoms with E-state index in [1.807, 2.05) is 0 Å². The van der Waals surface area contributed by atoms with Gasteiger partial charge in [0.25, 0.3) is 0 Å². The molecule has 0 spiro atoms. The molecule has 0 aromatic heterocycles. The number of aliphatic imine (C=N–C) groups is 1. The molecule has 0 rings (SSSR count). The first kappa shape index (κ1) is 12.2. The second kappa shape index (κ2) is 5.80. The van der Waals surface area contributed by atoms with Gasteiger partial charge in [0, 0.05) is 13.1 Å². The lowest BCUT2D eigenvalue weighted by Crippen LogP contribution is -2.34. The van der Waals surface area contributed by atoms with Crippen LogP contribution in [-0.4, -0.2) is 31.8 Å². The standard InChI is InChI=1S/C9H16F2N2/c1-4-6-9(10,11)8(7-12-3)13-5-2/h4,6,12H,5,7H2,1-3H3/b6-4+,13-8?. The Morgan fingerprint density at radius 2 is 2.15 bits per heavy atom. The molecule has 0 amide bonds. The summed E-state index contributed by atoms with van der Waals surface area (Å²) < 4.78 is 26.4. The molecular weight excluding hydrogens is 174 g/mol. The van der Waals surface area contributed by atoms with E-state index in [1.54, 1.807) is 20.9 Å². The van der Waals surface area contributed by atoms with Crippen molar-refractivity contribution in [2.75, 3.05) is 20.1 Å². The van der Waals surface area contributed by atoms with Gasteiger partial charge in [-0.2, -0.15) is 8.78 Å². The molecule has 0 saturated carbocycles. The van der Waals surface area contributed by atoms with Gasteiger partial charge in [-0.05, 0) is 27.0 Å². The Bertz CT molecular complexity index is 198. The van der Waals surface area contributed by atoms with Crippen molar-refractivity contribution in [3.8, 4) is 0 Å². The van der Waals surface area contributed by atoms with Gasteiger partial charge in [-0.25, -0.2) is 0 Å². The van der Waals surface area contributed by atoms with Gasteiger partial charge >= 0.3 is 5.92 Å². The zero-order valence-electron chi connectivity index (χ0n) is 8.27. The fraction of sp³-hybridized carbons (Fsp3) is 0.667. The second-order valence-electron chi connectivity index (χ2n) is 2.57. The minimum atomic E-state index is -2.92. The zero-order chi connectivity index (χ0) is 10.3. The summed E-state index contributed by atoms with van der Waals surface area (Å²) in [6, 6.07) is 0. The summed E-state index contributed by atoms with van der Waals surface area (Å²) in [4.78, 5) is 3.76. The summed E-state index contributed by atoms with van der Waals surface area (Å²) in [5.41, 5.74) is -0.115. The normalized spacial score (nSPS) is 14.1. The molecule has 0 radical (unpaired) electrons. The Labute approximate surface area is 77.7 Å². The molecule has 0 unspecified atom stereocenters. The number of alkyl halides is 2. The Morgan fingerprint density at radius 1 is 1.54 bits per heavy atom. The first-order valence-corrected chi connectivity index (χ1v) is 4.28. The van der Waals surface area contributed by atoms with Crippen molar-refractivity contribution in [2.24, 2.45) is 4.99 Å². The number of hydrogen-bond acceptors (Lipinski definition) is 2. The van der Waals surface area contributed by atoms with Crippen LogP contribution in [0.2, 0.25) is 0 Å². The van der Waals surface area contributed by atoms with E-state index in [2.05, 4.69) is 10.3 Å². The average Bonchev–Trinajstić information content (AvgIpc) is 2.04. The van der Waals surface area contributed by atoms with E-state index in [-0.39, 0.29) is 12.3 Å². The Hall–Kier alpha value is -0.770. The van der Waals surface area contributed by atoms with Crippen LogP contribution in [0.25, 0.3) is 0 Å². The topological polar surface area (TPSA) is 24.4 Å². The number of nitrogens with one attached hydrogen (secondary N) is 1. The number of nitrogens with zero attached hydrogens (tertiary/aromatic N) is 1. The van der Waals surface area contributed by atoms with E-state index in [1.165, 1.54) is 6.08 Å². The highest BCUT2D eigenvalue weighted by Crippen LogP contribution is 2.17. The molecule has 0 fully saturated rings. The van der Waals surface area contributed by atoms with Crippen LogP contribution in [0, 0.1) is 0 Å². The first-order chi connectivity index (χ1) is 6.08. The molecule has 0 heterocycles. The van der Waals surface area contributed by atoms with Gasteiger partial charge < -0.3 is 5.32 Å². The Balaban J connectivity index is 4.61. The molecule has 1 N–H and O–H groups in total. The van der Waals surface area contributed by atoms with Crippen molar-refractivity contribution in [3.05, 3.63) is 12.2 Å². The van der Waals surface area contributed by atoms with Crippen molar-refractivity contribution in [1.29, 1.82) is 0 Å². The molecule has 76 valence electrons. The molecule has 0 atom stereocenters. The largest absolute Gasteiger partial charge is 0.314 e. The SMILES string of the molecule is C/C=C/C(F)(F)C(CNC)=NCC. The molecule has 4 heteroatoms. The number of allylic oxidation sites excluding steroid dienone is 2. The van der Waals surface area contributed by atoms with E-state index in [0.717, 1.165) is 6.08 Å². The van der Waals surface area contributed by atoms with Gasteiger partial charge in [-0.15, -0.1) is 0 Å². The number of rotatable bonds is 5. The number of hydrogen-bond donors (Lipinski definition) is 1. The summed E-state index contributed by atoms with van der Waals surface area (Å²) in [7, 11) is 1.62. The average molecular weight is 190 g/mol. The van der Waals surface area contributed by atoms with Crippen LogP contribution in [0.5, 0.6) is 0 Å². The van der Waals surface area contributed by atoms with Crippen molar-refractivity contribution < 1.29 is 8.78 Å². The summed E-state index contributed by atoms with van der Waals surface area (Å²) in [6.45, 7) is 3.80. The fourth-order valence-corrected chi connectivity index (χ4v) is 0.943. The third-order valence-electron chi connectivity index (χ3n) is 1.45. The molecule has 0 aliphatic rings. The first-order valence-electron chi connectivity index (χ1n) is 4.28. The maximum absolute atomic E-state index is 13.2. The predicted octanol–water partition coefficient (Wildman–Crippen LogP) is 1.88. The van der Waals surface area contributed by atoms with E-state index in [9.17, 15) is 8.78 Å². The maximum Gasteiger partial charge on any atom is 0.305 e. The van der Waals surface area contributed by atoms with Gasteiger partial charge in [-0.3, -0.25) is 4.99 Å². The van der Waals surface area contributed by atoms with Crippen LogP contribution in [0.1, 0.15) is 13.8 Å². The van der Waals surface area contributed by atoms with Crippen molar-refractivity contribution >= 4 is 5.71 Å². The second-order valence-corrected chi connectivity index (χ2v) is 2.57. The quantitative estimate of drug-likeness (QED) is 0.519. The monoisotopic (exact) mass is 190 g/mol. The van der Waals surface area contributed by atoms with Crippen LogP contribution in [0.15, 0.2) is 17.1 Å². The highest BCUT2D eigenvalue weighted by atomic mass is 19.3. The third-order valence-corrected chi connectivity index (χ3v) is 1.45. The lowest BCUT2D eigenvalue weighted by atomic mass is 10.2. The molecule has 0 aromatic carbocycles. The van der Waals surface area contributed by atoms with Crippen molar-refractivity contribution in [2.45, 2.75) is 19.8 Å². The van der Waals surface area contributed by atoms with Crippen molar-refractivity contribution in [3.63, 3.8) is 0 Å². The van der Waals surface area contributed by atoms with Crippen LogP contribution in [0.4, 0.5) is 8.78 Å². The summed E-state index contributed by atoms with van der Waals surface area (Å²) in [5, 5.41) is 2.67. The van der Waals surface area contributed by atoms with E-state index >= 15 is 0 Å². The molecule has 2 nitrogen and oxygen atoms in total. The summed E-state index contributed by atoms with van der Waals surface area (Å²) in [5.74, 6) is -2.92. The van der Waals surface area contributed by atoms with Crippen LogP contribution >= 0.6 is 0 Å². The van der Waals surface area contributed by atoms with Gasteiger partial charge in [0.1, 0.15) is 0 Å². The van der Waals surface area contributed by atoms with E-state index in [4.69, 9.17) is 0 Å². The Morgan fingerprint density at radius 3 is 2.54 bits per heavy atom. The molecule has 0 aliphatic carbocycles. The van der Waals surface area contributed by atoms with E-state index in [0.29, 0.717) is 6.54 Å². The number of halogens is 2. The predicted molar refractivity (Wildman–Crippen MR) is 51.7 cm³/mol. The molecule has 13 heavy (non-hydrogen) atoms. The fourth-order valence-electron chi connectivity index (χ4n) is 0.943. The zero-order valence-corrected chi connectivity index (χ0v) is 8.27. The van der Waals surface area contributed by atoms with Crippen LogP contribution < -0.4 is 5.32 Å². The van der Waals surface area contributed by atoms with Gasteiger partial charge in [-0.1, -0.05) is 6.08 Å².